The summed E-state index contributed by atoms with van der Waals surface area (Å²) in [5, 5.41) is 4.28. The van der Waals surface area contributed by atoms with E-state index in [1.165, 1.54) is 0 Å². The van der Waals surface area contributed by atoms with Gasteiger partial charge in [0.1, 0.15) is 6.04 Å². The maximum atomic E-state index is 12.5. The monoisotopic (exact) mass is 368 g/mol. The summed E-state index contributed by atoms with van der Waals surface area (Å²) in [6, 6.07) is 10.9. The zero-order valence-corrected chi connectivity index (χ0v) is 14.0. The van der Waals surface area contributed by atoms with E-state index < -0.39 is 6.04 Å². The molecular formula is C16H11Cl3N2O2. The van der Waals surface area contributed by atoms with E-state index >= 15 is 0 Å². The summed E-state index contributed by atoms with van der Waals surface area (Å²) >= 11 is 17.7. The van der Waals surface area contributed by atoms with E-state index in [9.17, 15) is 9.59 Å². The number of carbonyl (C=O) groups excluding carboxylic acids is 2. The van der Waals surface area contributed by atoms with Crippen molar-refractivity contribution in [1.82, 2.24) is 0 Å². The number of amides is 2. The third-order valence-electron chi connectivity index (χ3n) is 3.47. The number of halogens is 3. The summed E-state index contributed by atoms with van der Waals surface area (Å²) in [4.78, 5) is 25.9. The highest BCUT2D eigenvalue weighted by atomic mass is 35.5. The normalized spacial score (nSPS) is 17.7. The highest BCUT2D eigenvalue weighted by Gasteiger charge is 2.39. The van der Waals surface area contributed by atoms with Crippen LogP contribution in [0.2, 0.25) is 15.1 Å². The minimum Gasteiger partial charge on any atom is -0.373 e. The second-order valence-electron chi connectivity index (χ2n) is 5.08. The van der Waals surface area contributed by atoms with E-state index in [-0.39, 0.29) is 18.2 Å². The van der Waals surface area contributed by atoms with Crippen molar-refractivity contribution in [1.29, 1.82) is 0 Å². The van der Waals surface area contributed by atoms with Crippen LogP contribution in [0.1, 0.15) is 6.42 Å². The fourth-order valence-corrected chi connectivity index (χ4v) is 2.90. The Labute approximate surface area is 147 Å². The van der Waals surface area contributed by atoms with Gasteiger partial charge in [0.2, 0.25) is 5.91 Å². The lowest BCUT2D eigenvalue weighted by atomic mass is 10.2. The van der Waals surface area contributed by atoms with Gasteiger partial charge in [-0.2, -0.15) is 0 Å². The van der Waals surface area contributed by atoms with Gasteiger partial charge in [-0.1, -0.05) is 40.9 Å². The van der Waals surface area contributed by atoms with Gasteiger partial charge in [-0.25, -0.2) is 4.90 Å². The molecule has 7 heteroatoms. The first-order valence-corrected chi connectivity index (χ1v) is 7.93. The summed E-state index contributed by atoms with van der Waals surface area (Å²) in [5.74, 6) is -0.613. The maximum Gasteiger partial charge on any atom is 0.256 e. The van der Waals surface area contributed by atoms with Crippen LogP contribution in [0.15, 0.2) is 42.5 Å². The Bertz CT molecular complexity index is 795. The Kier molecular flexibility index (Phi) is 4.48. The van der Waals surface area contributed by atoms with Gasteiger partial charge in [0.25, 0.3) is 5.91 Å². The van der Waals surface area contributed by atoms with Crippen LogP contribution < -0.4 is 10.2 Å². The van der Waals surface area contributed by atoms with Gasteiger partial charge in [-0.05, 0) is 36.4 Å². The third-order valence-corrected chi connectivity index (χ3v) is 4.45. The molecular weight excluding hydrogens is 359 g/mol. The second-order valence-corrected chi connectivity index (χ2v) is 6.33. The largest absolute Gasteiger partial charge is 0.373 e. The van der Waals surface area contributed by atoms with Crippen molar-refractivity contribution in [3.63, 3.8) is 0 Å². The van der Waals surface area contributed by atoms with Crippen LogP contribution in [-0.2, 0) is 9.59 Å². The standard InChI is InChI=1S/C16H11Cl3N2O2/c17-9-2-1-3-11(6-9)21-15(22)8-14(16(21)23)20-10-4-5-12(18)13(19)7-10/h1-7,14,20H,8H2/t14-/m1/s1. The van der Waals surface area contributed by atoms with Crippen molar-refractivity contribution in [2.45, 2.75) is 12.5 Å². The van der Waals surface area contributed by atoms with Gasteiger partial charge in [-0.15, -0.1) is 0 Å². The van der Waals surface area contributed by atoms with Gasteiger partial charge < -0.3 is 5.32 Å². The van der Waals surface area contributed by atoms with Crippen LogP contribution in [0.3, 0.4) is 0 Å². The van der Waals surface area contributed by atoms with Gasteiger partial charge in [0, 0.05) is 10.7 Å². The number of carbonyl (C=O) groups is 2. The predicted octanol–water partition coefficient (Wildman–Crippen LogP) is 4.39. The lowest BCUT2D eigenvalue weighted by molar-refractivity contribution is -0.121. The van der Waals surface area contributed by atoms with Crippen LogP contribution in [0, 0.1) is 0 Å². The van der Waals surface area contributed by atoms with Crippen molar-refractivity contribution in [3.05, 3.63) is 57.5 Å². The second kappa shape index (κ2) is 6.40. The number of benzene rings is 2. The van der Waals surface area contributed by atoms with Crippen LogP contribution >= 0.6 is 34.8 Å². The van der Waals surface area contributed by atoms with Crippen LogP contribution in [-0.4, -0.2) is 17.9 Å². The zero-order valence-electron chi connectivity index (χ0n) is 11.7. The first-order chi connectivity index (χ1) is 11.0. The van der Waals surface area contributed by atoms with E-state index in [1.54, 1.807) is 42.5 Å². The quantitative estimate of drug-likeness (QED) is 0.816. The summed E-state index contributed by atoms with van der Waals surface area (Å²) < 4.78 is 0. The van der Waals surface area contributed by atoms with Gasteiger partial charge in [-0.3, -0.25) is 9.59 Å². The molecule has 4 nitrogen and oxygen atoms in total. The fraction of sp³-hybridized carbons (Fsp3) is 0.125. The van der Waals surface area contributed by atoms with E-state index in [2.05, 4.69) is 5.32 Å². The van der Waals surface area contributed by atoms with Crippen molar-refractivity contribution in [2.75, 3.05) is 10.2 Å². The molecule has 2 aromatic rings. The van der Waals surface area contributed by atoms with Crippen LogP contribution in [0.5, 0.6) is 0 Å². The molecule has 0 radical (unpaired) electrons. The molecule has 1 atom stereocenters. The Hall–Kier alpha value is -1.75. The van der Waals surface area contributed by atoms with Crippen molar-refractivity contribution < 1.29 is 9.59 Å². The van der Waals surface area contributed by atoms with Crippen LogP contribution in [0.25, 0.3) is 0 Å². The predicted molar refractivity (Wildman–Crippen MR) is 92.4 cm³/mol. The molecule has 0 aromatic heterocycles. The molecule has 2 amide bonds. The van der Waals surface area contributed by atoms with Gasteiger partial charge in [0.15, 0.2) is 0 Å². The van der Waals surface area contributed by atoms with Gasteiger partial charge >= 0.3 is 0 Å². The molecule has 0 saturated carbocycles. The number of imide groups is 1. The molecule has 1 fully saturated rings. The summed E-state index contributed by atoms with van der Waals surface area (Å²) in [7, 11) is 0. The molecule has 1 aliphatic rings. The van der Waals surface area contributed by atoms with E-state index in [0.717, 1.165) is 4.90 Å². The summed E-state index contributed by atoms with van der Waals surface area (Å²) in [6.45, 7) is 0. The number of hydrogen-bond acceptors (Lipinski definition) is 3. The molecule has 23 heavy (non-hydrogen) atoms. The zero-order chi connectivity index (χ0) is 16.6. The average molecular weight is 370 g/mol. The SMILES string of the molecule is O=C1C[C@@H](Nc2ccc(Cl)c(Cl)c2)C(=O)N1c1cccc(Cl)c1. The number of hydrogen-bond donors (Lipinski definition) is 1. The molecule has 2 aromatic carbocycles. The van der Waals surface area contributed by atoms with E-state index in [1.807, 2.05) is 0 Å². The molecule has 1 heterocycles. The third kappa shape index (κ3) is 3.29. The Morgan fingerprint density at radius 2 is 1.78 bits per heavy atom. The first kappa shape index (κ1) is 16.1. The number of nitrogens with zero attached hydrogens (tertiary/aromatic N) is 1. The lowest BCUT2D eigenvalue weighted by Gasteiger charge is -2.16. The molecule has 1 saturated heterocycles. The highest BCUT2D eigenvalue weighted by molar-refractivity contribution is 6.42. The van der Waals surface area contributed by atoms with E-state index in [4.69, 9.17) is 34.8 Å². The summed E-state index contributed by atoms with van der Waals surface area (Å²) in [5.41, 5.74) is 1.09. The Morgan fingerprint density at radius 3 is 2.48 bits per heavy atom. The summed E-state index contributed by atoms with van der Waals surface area (Å²) in [6.07, 6.45) is 0.0611. The number of nitrogens with one attached hydrogen (secondary N) is 1. The molecule has 1 N–H and O–H groups in total. The molecule has 0 unspecified atom stereocenters. The smallest absolute Gasteiger partial charge is 0.256 e. The fourth-order valence-electron chi connectivity index (χ4n) is 2.42. The molecule has 0 aliphatic carbocycles. The molecule has 0 spiro atoms. The Morgan fingerprint density at radius 1 is 1.00 bits per heavy atom. The number of anilines is 2. The molecule has 118 valence electrons. The molecule has 3 rings (SSSR count). The van der Waals surface area contributed by atoms with E-state index in [0.29, 0.717) is 26.4 Å². The minimum absolute atomic E-state index is 0.0611. The molecule has 1 aliphatic heterocycles. The van der Waals surface area contributed by atoms with Crippen molar-refractivity contribution in [3.8, 4) is 0 Å². The Balaban J connectivity index is 1.82. The molecule has 0 bridgehead atoms. The van der Waals surface area contributed by atoms with Crippen molar-refractivity contribution in [2.24, 2.45) is 0 Å². The minimum atomic E-state index is -0.654. The lowest BCUT2D eigenvalue weighted by Crippen LogP contribution is -2.34. The van der Waals surface area contributed by atoms with Crippen molar-refractivity contribution >= 4 is 58.0 Å². The number of rotatable bonds is 3. The maximum absolute atomic E-state index is 12.5. The van der Waals surface area contributed by atoms with Crippen LogP contribution in [0.4, 0.5) is 11.4 Å². The first-order valence-electron chi connectivity index (χ1n) is 6.79. The average Bonchev–Trinajstić information content (AvgIpc) is 2.77. The topological polar surface area (TPSA) is 49.4 Å². The van der Waals surface area contributed by atoms with Gasteiger partial charge in [0.05, 0.1) is 22.2 Å². The highest BCUT2D eigenvalue weighted by Crippen LogP contribution is 2.29.